The Hall–Kier alpha value is -2.81. The Morgan fingerprint density at radius 2 is 1.83 bits per heavy atom. The molecule has 1 saturated carbocycles. The van der Waals surface area contributed by atoms with E-state index in [-0.39, 0.29) is 29.6 Å². The summed E-state index contributed by atoms with van der Waals surface area (Å²) in [7, 11) is -3.25. The topological polar surface area (TPSA) is 121 Å². The van der Waals surface area contributed by atoms with Gasteiger partial charge in [0.15, 0.2) is 9.84 Å². The van der Waals surface area contributed by atoms with Gasteiger partial charge in [0.2, 0.25) is 0 Å². The van der Waals surface area contributed by atoms with Gasteiger partial charge >= 0.3 is 5.97 Å². The predicted octanol–water partition coefficient (Wildman–Crippen LogP) is 0.432. The SMILES string of the molecule is O=C(NC(C(=O)O)C1(C2CC2)CS(=O)(=O)C1)c1ccc(C#CC#CCCO)cc1. The number of hydrogen-bond acceptors (Lipinski definition) is 5. The Bertz CT molecular complexity index is 1020. The zero-order valence-corrected chi connectivity index (χ0v) is 16.5. The molecule has 2 aliphatic rings. The van der Waals surface area contributed by atoms with Crippen molar-refractivity contribution in [2.45, 2.75) is 25.3 Å². The van der Waals surface area contributed by atoms with Crippen molar-refractivity contribution in [3.63, 3.8) is 0 Å². The summed E-state index contributed by atoms with van der Waals surface area (Å²) in [5.74, 6) is 8.54. The lowest BCUT2D eigenvalue weighted by Crippen LogP contribution is -2.65. The largest absolute Gasteiger partial charge is 0.480 e. The average molecular weight is 415 g/mol. The van der Waals surface area contributed by atoms with Crippen LogP contribution in [0.2, 0.25) is 0 Å². The van der Waals surface area contributed by atoms with Gasteiger partial charge in [-0.2, -0.15) is 0 Å². The molecule has 0 bridgehead atoms. The maximum Gasteiger partial charge on any atom is 0.326 e. The summed E-state index contributed by atoms with van der Waals surface area (Å²) in [6.07, 6.45) is 1.91. The Labute approximate surface area is 169 Å². The van der Waals surface area contributed by atoms with Crippen LogP contribution in [0, 0.1) is 35.0 Å². The Balaban J connectivity index is 1.71. The van der Waals surface area contributed by atoms with Crippen LogP contribution in [-0.2, 0) is 14.6 Å². The molecule has 1 aliphatic heterocycles. The highest BCUT2D eigenvalue weighted by atomic mass is 32.2. The second kappa shape index (κ2) is 8.28. The van der Waals surface area contributed by atoms with E-state index < -0.39 is 33.2 Å². The van der Waals surface area contributed by atoms with Gasteiger partial charge in [-0.15, -0.1) is 0 Å². The number of carboxylic acids is 1. The molecule has 1 heterocycles. The highest BCUT2D eigenvalue weighted by Gasteiger charge is 2.63. The van der Waals surface area contributed by atoms with Gasteiger partial charge in [-0.3, -0.25) is 4.79 Å². The molecule has 1 aromatic rings. The summed E-state index contributed by atoms with van der Waals surface area (Å²) in [5, 5.41) is 20.8. The normalized spacial score (nSPS) is 19.3. The monoisotopic (exact) mass is 415 g/mol. The molecule has 1 aromatic carbocycles. The maximum absolute atomic E-state index is 12.6. The van der Waals surface area contributed by atoms with E-state index in [1.54, 1.807) is 12.1 Å². The predicted molar refractivity (Wildman–Crippen MR) is 105 cm³/mol. The van der Waals surface area contributed by atoms with Crippen LogP contribution in [-0.4, -0.2) is 54.7 Å². The Morgan fingerprint density at radius 1 is 1.17 bits per heavy atom. The lowest BCUT2D eigenvalue weighted by molar-refractivity contribution is -0.142. The quantitative estimate of drug-likeness (QED) is 0.580. The fraction of sp³-hybridized carbons (Fsp3) is 0.429. The highest BCUT2D eigenvalue weighted by molar-refractivity contribution is 7.92. The molecule has 1 aliphatic carbocycles. The number of nitrogens with one attached hydrogen (secondary N) is 1. The fourth-order valence-corrected chi connectivity index (χ4v) is 6.07. The molecule has 0 radical (unpaired) electrons. The van der Waals surface area contributed by atoms with Gasteiger partial charge in [0.25, 0.3) is 5.91 Å². The zero-order valence-electron chi connectivity index (χ0n) is 15.6. The second-order valence-electron chi connectivity index (χ2n) is 7.39. The van der Waals surface area contributed by atoms with Crippen molar-refractivity contribution < 1.29 is 28.2 Å². The van der Waals surface area contributed by atoms with Crippen molar-refractivity contribution in [1.82, 2.24) is 5.32 Å². The van der Waals surface area contributed by atoms with E-state index in [0.29, 0.717) is 12.0 Å². The van der Waals surface area contributed by atoms with Gasteiger partial charge in [-0.25, -0.2) is 13.2 Å². The molecule has 0 spiro atoms. The molecular formula is C21H21NO6S. The van der Waals surface area contributed by atoms with Crippen molar-refractivity contribution in [2.24, 2.45) is 11.3 Å². The standard InChI is InChI=1S/C21H21NO6S/c23-12-4-2-1-3-5-15-6-8-16(9-7-15)19(24)22-18(20(25)26)21(17-10-11-17)13-29(27,28)14-21/h6-9,17-18,23H,4,10-14H2,(H,22,24)(H,25,26). The van der Waals surface area contributed by atoms with E-state index in [1.165, 1.54) is 12.1 Å². The summed E-state index contributed by atoms with van der Waals surface area (Å²) in [6, 6.07) is 5.06. The smallest absolute Gasteiger partial charge is 0.326 e. The molecule has 3 rings (SSSR count). The molecule has 1 saturated heterocycles. The molecule has 1 unspecified atom stereocenters. The summed E-state index contributed by atoms with van der Waals surface area (Å²) in [4.78, 5) is 24.4. The first-order valence-corrected chi connectivity index (χ1v) is 11.0. The summed E-state index contributed by atoms with van der Waals surface area (Å²) < 4.78 is 23.5. The van der Waals surface area contributed by atoms with Gasteiger partial charge in [0.1, 0.15) is 6.04 Å². The summed E-state index contributed by atoms with van der Waals surface area (Å²) in [5.41, 5.74) is -0.0191. The molecule has 0 aromatic heterocycles. The number of sulfone groups is 1. The van der Waals surface area contributed by atoms with Crippen LogP contribution < -0.4 is 5.32 Å². The van der Waals surface area contributed by atoms with E-state index in [9.17, 15) is 23.1 Å². The van der Waals surface area contributed by atoms with Gasteiger partial charge in [0, 0.05) is 23.0 Å². The van der Waals surface area contributed by atoms with Crippen molar-refractivity contribution in [3.05, 3.63) is 35.4 Å². The third kappa shape index (κ3) is 4.79. The molecular weight excluding hydrogens is 394 g/mol. The van der Waals surface area contributed by atoms with E-state index >= 15 is 0 Å². The number of hydrogen-bond donors (Lipinski definition) is 3. The van der Waals surface area contributed by atoms with E-state index in [1.807, 2.05) is 0 Å². The first-order valence-electron chi connectivity index (χ1n) is 9.21. The molecule has 152 valence electrons. The van der Waals surface area contributed by atoms with Crippen LogP contribution in [0.1, 0.15) is 35.2 Å². The number of amides is 1. The number of benzene rings is 1. The van der Waals surface area contributed by atoms with Crippen molar-refractivity contribution in [1.29, 1.82) is 0 Å². The van der Waals surface area contributed by atoms with Crippen molar-refractivity contribution in [2.75, 3.05) is 18.1 Å². The average Bonchev–Trinajstić information content (AvgIpc) is 3.49. The Morgan fingerprint density at radius 3 is 2.34 bits per heavy atom. The van der Waals surface area contributed by atoms with Crippen LogP contribution in [0.25, 0.3) is 0 Å². The third-order valence-electron chi connectivity index (χ3n) is 5.21. The molecule has 1 amide bonds. The number of aliphatic hydroxyl groups excluding tert-OH is 1. The summed E-state index contributed by atoms with van der Waals surface area (Å²) in [6.45, 7) is -0.0240. The first kappa shape index (κ1) is 20.9. The van der Waals surface area contributed by atoms with Crippen LogP contribution in [0.5, 0.6) is 0 Å². The maximum atomic E-state index is 12.6. The zero-order chi connectivity index (χ0) is 21.1. The number of aliphatic carboxylic acids is 1. The van der Waals surface area contributed by atoms with Gasteiger partial charge in [0.05, 0.1) is 18.1 Å². The molecule has 2 fully saturated rings. The molecule has 29 heavy (non-hydrogen) atoms. The molecule has 7 nitrogen and oxygen atoms in total. The second-order valence-corrected chi connectivity index (χ2v) is 9.45. The van der Waals surface area contributed by atoms with Crippen LogP contribution >= 0.6 is 0 Å². The van der Waals surface area contributed by atoms with E-state index in [2.05, 4.69) is 29.0 Å². The lowest BCUT2D eigenvalue weighted by atomic mass is 9.78. The van der Waals surface area contributed by atoms with Gasteiger partial charge in [-0.05, 0) is 54.9 Å². The van der Waals surface area contributed by atoms with Crippen molar-refractivity contribution in [3.8, 4) is 23.7 Å². The number of aliphatic hydroxyl groups is 1. The minimum absolute atomic E-state index is 0.0111. The third-order valence-corrected chi connectivity index (χ3v) is 7.16. The first-order chi connectivity index (χ1) is 13.8. The number of carbonyl (C=O) groups excluding carboxylic acids is 1. The number of rotatable bonds is 6. The van der Waals surface area contributed by atoms with Gasteiger partial charge < -0.3 is 15.5 Å². The minimum atomic E-state index is -3.25. The summed E-state index contributed by atoms with van der Waals surface area (Å²) >= 11 is 0. The number of carbonyl (C=O) groups is 2. The van der Waals surface area contributed by atoms with Gasteiger partial charge in [-0.1, -0.05) is 11.8 Å². The highest BCUT2D eigenvalue weighted by Crippen LogP contribution is 2.54. The van der Waals surface area contributed by atoms with Crippen LogP contribution in [0.4, 0.5) is 0 Å². The number of carboxylic acid groups (broad SMARTS) is 1. The fourth-order valence-electron chi connectivity index (χ4n) is 3.71. The van der Waals surface area contributed by atoms with E-state index in [0.717, 1.165) is 12.8 Å². The van der Waals surface area contributed by atoms with E-state index in [4.69, 9.17) is 5.11 Å². The molecule has 3 N–H and O–H groups in total. The Kier molecular flexibility index (Phi) is 5.97. The lowest BCUT2D eigenvalue weighted by Gasteiger charge is -2.45. The van der Waals surface area contributed by atoms with Crippen molar-refractivity contribution >= 4 is 21.7 Å². The molecule has 1 atom stereocenters. The van der Waals surface area contributed by atoms with Crippen LogP contribution in [0.15, 0.2) is 24.3 Å². The van der Waals surface area contributed by atoms with Crippen LogP contribution in [0.3, 0.4) is 0 Å². The molecule has 8 heteroatoms. The minimum Gasteiger partial charge on any atom is -0.480 e.